The normalized spacial score (nSPS) is 11.6. The van der Waals surface area contributed by atoms with Crippen LogP contribution < -0.4 is 5.32 Å². The van der Waals surface area contributed by atoms with E-state index in [2.05, 4.69) is 68.0 Å². The lowest BCUT2D eigenvalue weighted by molar-refractivity contribution is 0.390. The maximum Gasteiger partial charge on any atom is 0.0346 e. The van der Waals surface area contributed by atoms with Gasteiger partial charge in [0.1, 0.15) is 0 Å². The number of halogens is 1. The molecule has 2 heteroatoms. The van der Waals surface area contributed by atoms with E-state index >= 15 is 0 Å². The minimum atomic E-state index is 0.395. The van der Waals surface area contributed by atoms with Gasteiger partial charge in [-0.15, -0.1) is 0 Å². The standard InChI is InChI=1S/C14H22BrN/c1-10-8-12(9-11(2)13(10)15)16-7-6-14(3,4)5/h8-9,16H,6-7H2,1-5H3. The summed E-state index contributed by atoms with van der Waals surface area (Å²) in [6, 6.07) is 4.39. The first-order valence-electron chi connectivity index (χ1n) is 5.80. The van der Waals surface area contributed by atoms with Crippen LogP contribution >= 0.6 is 15.9 Å². The van der Waals surface area contributed by atoms with Crippen LogP contribution in [0.25, 0.3) is 0 Å². The topological polar surface area (TPSA) is 12.0 Å². The van der Waals surface area contributed by atoms with Crippen molar-refractivity contribution in [3.8, 4) is 0 Å². The van der Waals surface area contributed by atoms with Crippen LogP contribution in [0, 0.1) is 19.3 Å². The Bertz CT molecular complexity index is 340. The molecule has 0 aliphatic carbocycles. The second-order valence-corrected chi connectivity index (χ2v) is 6.45. The molecular weight excluding hydrogens is 262 g/mol. The lowest BCUT2D eigenvalue weighted by Gasteiger charge is -2.19. The van der Waals surface area contributed by atoms with Gasteiger partial charge in [0.25, 0.3) is 0 Å². The molecule has 1 aromatic carbocycles. The first-order chi connectivity index (χ1) is 7.29. The highest BCUT2D eigenvalue weighted by Crippen LogP contribution is 2.25. The monoisotopic (exact) mass is 283 g/mol. The average Bonchev–Trinajstić information content (AvgIpc) is 2.12. The van der Waals surface area contributed by atoms with Gasteiger partial charge in [-0.2, -0.15) is 0 Å². The van der Waals surface area contributed by atoms with Crippen molar-refractivity contribution >= 4 is 21.6 Å². The molecule has 1 N–H and O–H groups in total. The first kappa shape index (κ1) is 13.6. The fraction of sp³-hybridized carbons (Fsp3) is 0.571. The number of benzene rings is 1. The molecule has 0 aliphatic heterocycles. The molecule has 0 unspecified atom stereocenters. The quantitative estimate of drug-likeness (QED) is 0.831. The van der Waals surface area contributed by atoms with E-state index in [1.165, 1.54) is 27.7 Å². The van der Waals surface area contributed by atoms with Crippen LogP contribution in [0.3, 0.4) is 0 Å². The molecule has 0 saturated heterocycles. The van der Waals surface area contributed by atoms with Crippen molar-refractivity contribution in [1.82, 2.24) is 0 Å². The second-order valence-electron chi connectivity index (χ2n) is 5.66. The molecule has 0 amide bonds. The zero-order valence-electron chi connectivity index (χ0n) is 10.9. The predicted octanol–water partition coefficient (Wildman–Crippen LogP) is 4.91. The maximum absolute atomic E-state index is 3.59. The van der Waals surface area contributed by atoms with Crippen molar-refractivity contribution in [2.45, 2.75) is 41.0 Å². The van der Waals surface area contributed by atoms with Crippen molar-refractivity contribution in [3.63, 3.8) is 0 Å². The molecule has 1 nitrogen and oxygen atoms in total. The highest BCUT2D eigenvalue weighted by Gasteiger charge is 2.09. The lowest BCUT2D eigenvalue weighted by atomic mass is 9.92. The van der Waals surface area contributed by atoms with Crippen LogP contribution in [0.5, 0.6) is 0 Å². The van der Waals surface area contributed by atoms with Crippen molar-refractivity contribution in [2.24, 2.45) is 5.41 Å². The van der Waals surface area contributed by atoms with Crippen molar-refractivity contribution < 1.29 is 0 Å². The van der Waals surface area contributed by atoms with E-state index in [1.54, 1.807) is 0 Å². The first-order valence-corrected chi connectivity index (χ1v) is 6.59. The summed E-state index contributed by atoms with van der Waals surface area (Å²) in [6.07, 6.45) is 1.18. The summed E-state index contributed by atoms with van der Waals surface area (Å²) in [7, 11) is 0. The van der Waals surface area contributed by atoms with Gasteiger partial charge in [-0.25, -0.2) is 0 Å². The van der Waals surface area contributed by atoms with E-state index in [0.29, 0.717) is 5.41 Å². The predicted molar refractivity (Wildman–Crippen MR) is 76.2 cm³/mol. The zero-order chi connectivity index (χ0) is 12.3. The molecule has 16 heavy (non-hydrogen) atoms. The van der Waals surface area contributed by atoms with Crippen LogP contribution in [0.4, 0.5) is 5.69 Å². The Kier molecular flexibility index (Phi) is 4.43. The Morgan fingerprint density at radius 3 is 2.06 bits per heavy atom. The lowest BCUT2D eigenvalue weighted by Crippen LogP contribution is -2.12. The Balaban J connectivity index is 2.62. The van der Waals surface area contributed by atoms with Gasteiger partial charge in [-0.1, -0.05) is 36.7 Å². The average molecular weight is 284 g/mol. The molecule has 0 saturated carbocycles. The van der Waals surface area contributed by atoms with Gasteiger partial charge >= 0.3 is 0 Å². The van der Waals surface area contributed by atoms with Gasteiger partial charge < -0.3 is 5.32 Å². The molecule has 0 heterocycles. The molecule has 0 aliphatic rings. The van der Waals surface area contributed by atoms with E-state index in [4.69, 9.17) is 0 Å². The number of aryl methyl sites for hydroxylation is 2. The summed E-state index contributed by atoms with van der Waals surface area (Å²) in [4.78, 5) is 0. The van der Waals surface area contributed by atoms with E-state index in [-0.39, 0.29) is 0 Å². The highest BCUT2D eigenvalue weighted by atomic mass is 79.9. The molecule has 0 spiro atoms. The van der Waals surface area contributed by atoms with Crippen LogP contribution in [0.2, 0.25) is 0 Å². The van der Waals surface area contributed by atoms with Crippen molar-refractivity contribution in [2.75, 3.05) is 11.9 Å². The molecule has 0 atom stereocenters. The molecular formula is C14H22BrN. The Morgan fingerprint density at radius 2 is 1.62 bits per heavy atom. The van der Waals surface area contributed by atoms with E-state index in [9.17, 15) is 0 Å². The third-order valence-corrected chi connectivity index (χ3v) is 3.89. The van der Waals surface area contributed by atoms with Crippen LogP contribution in [-0.4, -0.2) is 6.54 Å². The molecule has 0 aromatic heterocycles. The zero-order valence-corrected chi connectivity index (χ0v) is 12.5. The van der Waals surface area contributed by atoms with Gasteiger partial charge in [-0.05, 0) is 48.9 Å². The third-order valence-electron chi connectivity index (χ3n) is 2.64. The molecule has 1 rings (SSSR count). The van der Waals surface area contributed by atoms with Gasteiger partial charge in [-0.3, -0.25) is 0 Å². The van der Waals surface area contributed by atoms with E-state index < -0.39 is 0 Å². The maximum atomic E-state index is 3.59. The van der Waals surface area contributed by atoms with Gasteiger partial charge in [0, 0.05) is 16.7 Å². The summed E-state index contributed by atoms with van der Waals surface area (Å²) in [6.45, 7) is 12.1. The number of nitrogens with one attached hydrogen (secondary N) is 1. The summed E-state index contributed by atoms with van der Waals surface area (Å²) in [5.74, 6) is 0. The molecule has 0 radical (unpaired) electrons. The number of hydrogen-bond donors (Lipinski definition) is 1. The highest BCUT2D eigenvalue weighted by molar-refractivity contribution is 9.10. The summed E-state index contributed by atoms with van der Waals surface area (Å²) >= 11 is 3.59. The molecule has 0 fully saturated rings. The molecule has 0 bridgehead atoms. The van der Waals surface area contributed by atoms with Crippen LogP contribution in [0.15, 0.2) is 16.6 Å². The Hall–Kier alpha value is -0.500. The fourth-order valence-corrected chi connectivity index (χ4v) is 1.86. The summed E-state index contributed by atoms with van der Waals surface area (Å²) in [5, 5.41) is 3.49. The van der Waals surface area contributed by atoms with E-state index in [0.717, 1.165) is 6.54 Å². The largest absolute Gasteiger partial charge is 0.385 e. The third kappa shape index (κ3) is 4.17. The fourth-order valence-electron chi connectivity index (χ4n) is 1.63. The SMILES string of the molecule is Cc1cc(NCCC(C)(C)C)cc(C)c1Br. The van der Waals surface area contributed by atoms with Crippen molar-refractivity contribution in [1.29, 1.82) is 0 Å². The number of anilines is 1. The minimum absolute atomic E-state index is 0.395. The summed E-state index contributed by atoms with van der Waals surface area (Å²) in [5.41, 5.74) is 4.20. The van der Waals surface area contributed by atoms with Gasteiger partial charge in [0.05, 0.1) is 0 Å². The van der Waals surface area contributed by atoms with Crippen LogP contribution in [0.1, 0.15) is 38.3 Å². The second kappa shape index (κ2) is 5.22. The molecule has 90 valence electrons. The van der Waals surface area contributed by atoms with Crippen molar-refractivity contribution in [3.05, 3.63) is 27.7 Å². The van der Waals surface area contributed by atoms with Gasteiger partial charge in [0.15, 0.2) is 0 Å². The number of rotatable bonds is 3. The molecule has 1 aromatic rings. The Labute approximate surface area is 108 Å². The van der Waals surface area contributed by atoms with Gasteiger partial charge in [0.2, 0.25) is 0 Å². The van der Waals surface area contributed by atoms with Crippen LogP contribution in [-0.2, 0) is 0 Å². The van der Waals surface area contributed by atoms with E-state index in [1.807, 2.05) is 0 Å². The Morgan fingerprint density at radius 1 is 1.12 bits per heavy atom. The number of hydrogen-bond acceptors (Lipinski definition) is 1. The summed E-state index contributed by atoms with van der Waals surface area (Å²) < 4.78 is 1.22. The minimum Gasteiger partial charge on any atom is -0.385 e. The smallest absolute Gasteiger partial charge is 0.0346 e.